The second kappa shape index (κ2) is 6.97. The van der Waals surface area contributed by atoms with E-state index >= 15 is 0 Å². The lowest BCUT2D eigenvalue weighted by Gasteiger charge is -2.33. The van der Waals surface area contributed by atoms with E-state index < -0.39 is 5.31 Å². The standard InChI is InChI=1S/C24H22BN3/c25-24(20-5-11-23(28)12-6-20)14-18(16-1-7-21(26)8-2-16)13-19(15-24)17-3-9-22(27)10-4-17/h1-14H,15,26-28H2. The van der Waals surface area contributed by atoms with E-state index in [1.807, 2.05) is 72.8 Å². The highest BCUT2D eigenvalue weighted by atomic mass is 14.5. The largest absolute Gasteiger partial charge is 0.399 e. The van der Waals surface area contributed by atoms with Gasteiger partial charge in [0, 0.05) is 17.1 Å². The fourth-order valence-corrected chi connectivity index (χ4v) is 3.63. The molecule has 0 aromatic heterocycles. The van der Waals surface area contributed by atoms with Crippen molar-refractivity contribution in [1.29, 1.82) is 0 Å². The summed E-state index contributed by atoms with van der Waals surface area (Å²) in [4.78, 5) is 0. The zero-order chi connectivity index (χ0) is 19.7. The van der Waals surface area contributed by atoms with E-state index in [0.717, 1.165) is 44.9 Å². The van der Waals surface area contributed by atoms with Gasteiger partial charge in [0.25, 0.3) is 0 Å². The molecule has 0 amide bonds. The number of anilines is 3. The van der Waals surface area contributed by atoms with Gasteiger partial charge in [-0.05, 0) is 76.0 Å². The molecule has 0 bridgehead atoms. The molecule has 136 valence electrons. The predicted molar refractivity (Wildman–Crippen MR) is 121 cm³/mol. The molecular formula is C24H22BN3. The molecule has 3 nitrogen and oxygen atoms in total. The SMILES string of the molecule is [B]C1(c2ccc(N)cc2)C=C(c2ccc(N)cc2)C=C(c2ccc(N)cc2)C1. The summed E-state index contributed by atoms with van der Waals surface area (Å²) in [5, 5.41) is -0.643. The number of benzene rings is 3. The molecule has 0 saturated heterocycles. The minimum absolute atomic E-state index is 0.643. The van der Waals surface area contributed by atoms with Gasteiger partial charge in [-0.1, -0.05) is 48.6 Å². The number of allylic oxidation sites excluding steroid dienone is 4. The number of rotatable bonds is 3. The molecule has 0 heterocycles. The van der Waals surface area contributed by atoms with Crippen LogP contribution in [0.25, 0.3) is 11.1 Å². The highest BCUT2D eigenvalue weighted by molar-refractivity contribution is 6.20. The molecule has 3 aromatic carbocycles. The molecule has 0 spiro atoms. The third-order valence-corrected chi connectivity index (χ3v) is 5.20. The summed E-state index contributed by atoms with van der Waals surface area (Å²) >= 11 is 0. The van der Waals surface area contributed by atoms with Crippen molar-refractivity contribution in [2.45, 2.75) is 11.7 Å². The average molecular weight is 363 g/mol. The van der Waals surface area contributed by atoms with Crippen LogP contribution in [-0.4, -0.2) is 7.85 Å². The minimum atomic E-state index is -0.643. The fourth-order valence-electron chi connectivity index (χ4n) is 3.63. The first kappa shape index (κ1) is 18.0. The predicted octanol–water partition coefficient (Wildman–Crippen LogP) is 4.37. The van der Waals surface area contributed by atoms with Gasteiger partial charge >= 0.3 is 0 Å². The van der Waals surface area contributed by atoms with Gasteiger partial charge in [0.1, 0.15) is 0 Å². The molecule has 1 aliphatic carbocycles. The van der Waals surface area contributed by atoms with Crippen LogP contribution >= 0.6 is 0 Å². The zero-order valence-electron chi connectivity index (χ0n) is 15.6. The Morgan fingerprint density at radius 3 is 1.64 bits per heavy atom. The number of hydrogen-bond donors (Lipinski definition) is 3. The Bertz CT molecular complexity index is 1050. The van der Waals surface area contributed by atoms with E-state index in [2.05, 4.69) is 12.2 Å². The monoisotopic (exact) mass is 363 g/mol. The molecule has 0 aliphatic heterocycles. The van der Waals surface area contributed by atoms with Crippen molar-refractivity contribution in [3.63, 3.8) is 0 Å². The Hall–Kier alpha value is -3.40. The van der Waals surface area contributed by atoms with Crippen LogP contribution < -0.4 is 17.2 Å². The summed E-state index contributed by atoms with van der Waals surface area (Å²) in [5.74, 6) is 0. The lowest BCUT2D eigenvalue weighted by molar-refractivity contribution is 0.777. The average Bonchev–Trinajstić information content (AvgIpc) is 2.69. The van der Waals surface area contributed by atoms with E-state index in [4.69, 9.17) is 25.0 Å². The third-order valence-electron chi connectivity index (χ3n) is 5.20. The van der Waals surface area contributed by atoms with Gasteiger partial charge in [-0.2, -0.15) is 0 Å². The van der Waals surface area contributed by atoms with Gasteiger partial charge in [-0.3, -0.25) is 0 Å². The molecule has 1 atom stereocenters. The molecule has 6 N–H and O–H groups in total. The van der Waals surface area contributed by atoms with Crippen LogP contribution in [0, 0.1) is 0 Å². The zero-order valence-corrected chi connectivity index (χ0v) is 15.6. The Balaban J connectivity index is 1.83. The molecule has 2 radical (unpaired) electrons. The fraction of sp³-hybridized carbons (Fsp3) is 0.0833. The van der Waals surface area contributed by atoms with Crippen LogP contribution in [0.15, 0.2) is 84.9 Å². The second-order valence-electron chi connectivity index (χ2n) is 7.35. The maximum atomic E-state index is 6.94. The highest BCUT2D eigenvalue weighted by Gasteiger charge is 2.29. The van der Waals surface area contributed by atoms with Crippen molar-refractivity contribution in [2.24, 2.45) is 0 Å². The van der Waals surface area contributed by atoms with Crippen molar-refractivity contribution in [3.05, 3.63) is 102 Å². The maximum absolute atomic E-state index is 6.94. The number of nitrogen functional groups attached to an aromatic ring is 3. The first-order chi connectivity index (χ1) is 13.4. The smallest absolute Gasteiger partial charge is 0.0871 e. The summed E-state index contributed by atoms with van der Waals surface area (Å²) < 4.78 is 0. The van der Waals surface area contributed by atoms with E-state index in [-0.39, 0.29) is 0 Å². The Morgan fingerprint density at radius 1 is 0.643 bits per heavy atom. The van der Waals surface area contributed by atoms with Crippen molar-refractivity contribution < 1.29 is 0 Å². The normalized spacial score (nSPS) is 19.0. The van der Waals surface area contributed by atoms with Gasteiger partial charge in [0.05, 0.1) is 7.85 Å². The van der Waals surface area contributed by atoms with Crippen LogP contribution in [0.2, 0.25) is 0 Å². The molecule has 28 heavy (non-hydrogen) atoms. The molecule has 4 heteroatoms. The Labute approximate surface area is 167 Å². The lowest BCUT2D eigenvalue weighted by atomic mass is 9.57. The van der Waals surface area contributed by atoms with Crippen LogP contribution in [-0.2, 0) is 5.31 Å². The number of hydrogen-bond acceptors (Lipinski definition) is 3. The second-order valence-corrected chi connectivity index (χ2v) is 7.35. The molecule has 1 aliphatic rings. The Kier molecular flexibility index (Phi) is 4.48. The van der Waals surface area contributed by atoms with Crippen molar-refractivity contribution in [3.8, 4) is 0 Å². The topological polar surface area (TPSA) is 78.1 Å². The van der Waals surface area contributed by atoms with Crippen LogP contribution in [0.1, 0.15) is 23.1 Å². The summed E-state index contributed by atoms with van der Waals surface area (Å²) in [6, 6.07) is 23.5. The van der Waals surface area contributed by atoms with Crippen LogP contribution in [0.3, 0.4) is 0 Å². The van der Waals surface area contributed by atoms with Gasteiger partial charge in [-0.25, -0.2) is 0 Å². The summed E-state index contributed by atoms with van der Waals surface area (Å²) in [7, 11) is 6.94. The molecule has 1 unspecified atom stereocenters. The van der Waals surface area contributed by atoms with E-state index in [0.29, 0.717) is 6.42 Å². The van der Waals surface area contributed by atoms with Crippen molar-refractivity contribution >= 4 is 36.1 Å². The number of nitrogens with two attached hydrogens (primary N) is 3. The summed E-state index contributed by atoms with van der Waals surface area (Å²) in [6.45, 7) is 0. The van der Waals surface area contributed by atoms with Crippen molar-refractivity contribution in [1.82, 2.24) is 0 Å². The van der Waals surface area contributed by atoms with E-state index in [9.17, 15) is 0 Å². The highest BCUT2D eigenvalue weighted by Crippen LogP contribution is 2.41. The van der Waals surface area contributed by atoms with Crippen molar-refractivity contribution in [2.75, 3.05) is 17.2 Å². The minimum Gasteiger partial charge on any atom is -0.399 e. The molecule has 0 fully saturated rings. The van der Waals surface area contributed by atoms with Gasteiger partial charge in [0.2, 0.25) is 0 Å². The summed E-state index contributed by atoms with van der Waals surface area (Å²) in [6.07, 6.45) is 5.00. The quantitative estimate of drug-likeness (QED) is 0.478. The van der Waals surface area contributed by atoms with Gasteiger partial charge < -0.3 is 17.2 Å². The lowest BCUT2D eigenvalue weighted by Crippen LogP contribution is -2.27. The Morgan fingerprint density at radius 2 is 1.11 bits per heavy atom. The molecule has 4 rings (SSSR count). The first-order valence-electron chi connectivity index (χ1n) is 9.23. The van der Waals surface area contributed by atoms with Gasteiger partial charge in [-0.15, -0.1) is 0 Å². The van der Waals surface area contributed by atoms with Crippen LogP contribution in [0.4, 0.5) is 17.1 Å². The van der Waals surface area contributed by atoms with E-state index in [1.54, 1.807) is 0 Å². The molecule has 0 saturated carbocycles. The summed E-state index contributed by atoms with van der Waals surface area (Å²) in [5.41, 5.74) is 25.2. The third kappa shape index (κ3) is 3.54. The van der Waals surface area contributed by atoms with E-state index in [1.165, 1.54) is 0 Å². The first-order valence-corrected chi connectivity index (χ1v) is 9.23. The molecular weight excluding hydrogens is 341 g/mol. The maximum Gasteiger partial charge on any atom is 0.0871 e. The van der Waals surface area contributed by atoms with Gasteiger partial charge in [0.15, 0.2) is 0 Å². The molecule has 3 aromatic rings. The van der Waals surface area contributed by atoms with Crippen LogP contribution in [0.5, 0.6) is 0 Å².